The molecule has 1 fully saturated rings. The van der Waals surface area contributed by atoms with Crippen LogP contribution in [0.2, 0.25) is 0 Å². The summed E-state index contributed by atoms with van der Waals surface area (Å²) in [6.45, 7) is 4.97. The molecule has 0 amide bonds. The summed E-state index contributed by atoms with van der Waals surface area (Å²) < 4.78 is 27.5. The van der Waals surface area contributed by atoms with Gasteiger partial charge in [0.1, 0.15) is 5.84 Å². The summed E-state index contributed by atoms with van der Waals surface area (Å²) >= 11 is 0. The standard InChI is InChI=1S/C24H35N5O3S/c1-2-3-4-19-5-11-23(12-6-19)33(31,32)29-15-13-28(14-16-29)18-22(30)17-27-21-9-7-20(8-10-21)24(25)26/h5-12,22,27,30H,2-4,13-18H2,1H3,(H3,25,26). The molecule has 0 aliphatic carbocycles. The third-order valence-corrected chi connectivity index (χ3v) is 7.83. The van der Waals surface area contributed by atoms with E-state index in [0.717, 1.165) is 30.5 Å². The first-order valence-electron chi connectivity index (χ1n) is 11.5. The molecule has 0 radical (unpaired) electrons. The second-order valence-electron chi connectivity index (χ2n) is 8.48. The quantitative estimate of drug-likeness (QED) is 0.293. The van der Waals surface area contributed by atoms with E-state index in [1.807, 2.05) is 24.3 Å². The smallest absolute Gasteiger partial charge is 0.243 e. The van der Waals surface area contributed by atoms with Crippen LogP contribution in [-0.2, 0) is 16.4 Å². The van der Waals surface area contributed by atoms with Crippen LogP contribution in [0.4, 0.5) is 5.69 Å². The number of aliphatic hydroxyl groups is 1. The van der Waals surface area contributed by atoms with Crippen LogP contribution in [0, 0.1) is 5.41 Å². The number of amidine groups is 1. The number of nitrogens with one attached hydrogen (secondary N) is 2. The van der Waals surface area contributed by atoms with Gasteiger partial charge in [0.25, 0.3) is 0 Å². The maximum atomic E-state index is 13.0. The fraction of sp³-hybridized carbons (Fsp3) is 0.458. The predicted molar refractivity (Wildman–Crippen MR) is 132 cm³/mol. The zero-order valence-electron chi connectivity index (χ0n) is 19.2. The average Bonchev–Trinajstić information content (AvgIpc) is 2.82. The topological polar surface area (TPSA) is 123 Å². The molecule has 2 aromatic rings. The van der Waals surface area contributed by atoms with E-state index < -0.39 is 16.1 Å². The summed E-state index contributed by atoms with van der Waals surface area (Å²) in [6.07, 6.45) is 2.60. The number of aliphatic hydroxyl groups excluding tert-OH is 1. The van der Waals surface area contributed by atoms with Gasteiger partial charge < -0.3 is 16.2 Å². The van der Waals surface area contributed by atoms with Gasteiger partial charge in [-0.25, -0.2) is 8.42 Å². The molecular weight excluding hydrogens is 438 g/mol. The molecule has 5 N–H and O–H groups in total. The van der Waals surface area contributed by atoms with E-state index in [4.69, 9.17) is 11.1 Å². The zero-order chi connectivity index (χ0) is 23.8. The van der Waals surface area contributed by atoms with Crippen molar-refractivity contribution in [2.75, 3.05) is 44.6 Å². The molecule has 2 aromatic carbocycles. The zero-order valence-corrected chi connectivity index (χ0v) is 20.0. The van der Waals surface area contributed by atoms with Gasteiger partial charge in [-0.05, 0) is 54.8 Å². The molecule has 1 heterocycles. The highest BCUT2D eigenvalue weighted by Crippen LogP contribution is 2.19. The van der Waals surface area contributed by atoms with E-state index in [0.29, 0.717) is 49.7 Å². The highest BCUT2D eigenvalue weighted by atomic mass is 32.2. The van der Waals surface area contributed by atoms with Gasteiger partial charge in [-0.3, -0.25) is 10.3 Å². The Hall–Kier alpha value is -2.46. The molecule has 8 nitrogen and oxygen atoms in total. The minimum absolute atomic E-state index is 0.0201. The first-order valence-corrected chi connectivity index (χ1v) is 12.9. The molecule has 3 rings (SSSR count). The summed E-state index contributed by atoms with van der Waals surface area (Å²) in [5, 5.41) is 21.0. The number of nitrogens with zero attached hydrogens (tertiary/aromatic N) is 2. The molecule has 1 saturated heterocycles. The van der Waals surface area contributed by atoms with Crippen LogP contribution in [0.15, 0.2) is 53.4 Å². The van der Waals surface area contributed by atoms with Crippen LogP contribution in [0.5, 0.6) is 0 Å². The Bertz CT molecular complexity index is 1000. The minimum atomic E-state index is -3.50. The lowest BCUT2D eigenvalue weighted by Gasteiger charge is -2.35. The van der Waals surface area contributed by atoms with E-state index in [1.54, 1.807) is 24.3 Å². The number of anilines is 1. The van der Waals surface area contributed by atoms with Crippen LogP contribution in [0.25, 0.3) is 0 Å². The Kier molecular flexibility index (Phi) is 8.85. The van der Waals surface area contributed by atoms with Gasteiger partial charge in [-0.15, -0.1) is 0 Å². The second-order valence-corrected chi connectivity index (χ2v) is 10.4. The Balaban J connectivity index is 1.45. The number of hydrogen-bond donors (Lipinski definition) is 4. The summed E-state index contributed by atoms with van der Waals surface area (Å²) in [7, 11) is -3.50. The highest BCUT2D eigenvalue weighted by molar-refractivity contribution is 7.89. The molecule has 180 valence electrons. The third-order valence-electron chi connectivity index (χ3n) is 5.92. The lowest BCUT2D eigenvalue weighted by Crippen LogP contribution is -2.50. The third kappa shape index (κ3) is 7.01. The fourth-order valence-electron chi connectivity index (χ4n) is 3.88. The Morgan fingerprint density at radius 2 is 1.73 bits per heavy atom. The molecule has 0 bridgehead atoms. The maximum Gasteiger partial charge on any atom is 0.243 e. The maximum absolute atomic E-state index is 13.0. The second kappa shape index (κ2) is 11.6. The van der Waals surface area contributed by atoms with Crippen LogP contribution in [0.1, 0.15) is 30.9 Å². The van der Waals surface area contributed by atoms with Crippen LogP contribution in [0.3, 0.4) is 0 Å². The number of hydrogen-bond acceptors (Lipinski definition) is 6. The van der Waals surface area contributed by atoms with Crippen molar-refractivity contribution in [1.29, 1.82) is 5.41 Å². The SMILES string of the molecule is CCCCc1ccc(S(=O)(=O)N2CCN(CC(O)CNc3ccc(C(=N)N)cc3)CC2)cc1. The fourth-order valence-corrected chi connectivity index (χ4v) is 5.30. The van der Waals surface area contributed by atoms with Gasteiger partial charge in [0.05, 0.1) is 11.0 Å². The van der Waals surface area contributed by atoms with Crippen molar-refractivity contribution in [3.63, 3.8) is 0 Å². The molecule has 1 aliphatic heterocycles. The van der Waals surface area contributed by atoms with Crippen molar-refractivity contribution >= 4 is 21.5 Å². The van der Waals surface area contributed by atoms with Gasteiger partial charge >= 0.3 is 0 Å². The molecule has 33 heavy (non-hydrogen) atoms. The van der Waals surface area contributed by atoms with E-state index in [2.05, 4.69) is 17.1 Å². The van der Waals surface area contributed by atoms with Gasteiger partial charge in [0, 0.05) is 50.5 Å². The minimum Gasteiger partial charge on any atom is -0.390 e. The van der Waals surface area contributed by atoms with Gasteiger partial charge in [0.15, 0.2) is 0 Å². The van der Waals surface area contributed by atoms with Crippen molar-refractivity contribution in [3.05, 3.63) is 59.7 Å². The van der Waals surface area contributed by atoms with Gasteiger partial charge in [0.2, 0.25) is 10.0 Å². The van der Waals surface area contributed by atoms with Crippen molar-refractivity contribution in [2.24, 2.45) is 5.73 Å². The van der Waals surface area contributed by atoms with Gasteiger partial charge in [-0.1, -0.05) is 25.5 Å². The largest absolute Gasteiger partial charge is 0.390 e. The van der Waals surface area contributed by atoms with E-state index in [1.165, 1.54) is 4.31 Å². The van der Waals surface area contributed by atoms with E-state index in [9.17, 15) is 13.5 Å². The number of benzene rings is 2. The molecular formula is C24H35N5O3S. The van der Waals surface area contributed by atoms with Gasteiger partial charge in [-0.2, -0.15) is 4.31 Å². The average molecular weight is 474 g/mol. The Labute approximate surface area is 197 Å². The Morgan fingerprint density at radius 1 is 1.09 bits per heavy atom. The lowest BCUT2D eigenvalue weighted by atomic mass is 10.1. The van der Waals surface area contributed by atoms with Crippen molar-refractivity contribution < 1.29 is 13.5 Å². The van der Waals surface area contributed by atoms with Crippen molar-refractivity contribution in [2.45, 2.75) is 37.2 Å². The molecule has 0 saturated carbocycles. The Morgan fingerprint density at radius 3 is 2.30 bits per heavy atom. The molecule has 0 spiro atoms. The first kappa shape index (κ1) is 25.2. The number of rotatable bonds is 11. The van der Waals surface area contributed by atoms with Crippen LogP contribution in [-0.4, -0.2) is 73.9 Å². The predicted octanol–water partition coefficient (Wildman–Crippen LogP) is 2.09. The number of piperazine rings is 1. The number of β-amino-alcohol motifs (C(OH)–C–C–N with tert-alkyl or cyclic N) is 1. The molecule has 9 heteroatoms. The number of sulfonamides is 1. The first-order chi connectivity index (χ1) is 15.8. The normalized spacial score (nSPS) is 16.4. The number of nitrogens with two attached hydrogens (primary N) is 1. The lowest BCUT2D eigenvalue weighted by molar-refractivity contribution is 0.0994. The summed E-state index contributed by atoms with van der Waals surface area (Å²) in [5.41, 5.74) is 8.12. The highest BCUT2D eigenvalue weighted by Gasteiger charge is 2.29. The van der Waals surface area contributed by atoms with Crippen LogP contribution >= 0.6 is 0 Å². The monoisotopic (exact) mass is 473 g/mol. The molecule has 0 aromatic heterocycles. The molecule has 1 unspecified atom stereocenters. The molecule has 1 aliphatic rings. The number of unbranched alkanes of at least 4 members (excludes halogenated alkanes) is 1. The number of nitrogen functional groups attached to an aromatic ring is 1. The molecule has 1 atom stereocenters. The van der Waals surface area contributed by atoms with Crippen molar-refractivity contribution in [3.8, 4) is 0 Å². The number of aryl methyl sites for hydroxylation is 1. The summed E-state index contributed by atoms with van der Waals surface area (Å²) in [6, 6.07) is 14.4. The van der Waals surface area contributed by atoms with E-state index in [-0.39, 0.29) is 5.84 Å². The van der Waals surface area contributed by atoms with E-state index >= 15 is 0 Å². The summed E-state index contributed by atoms with van der Waals surface area (Å²) in [5.74, 6) is 0.0201. The summed E-state index contributed by atoms with van der Waals surface area (Å²) in [4.78, 5) is 2.43. The van der Waals surface area contributed by atoms with Crippen molar-refractivity contribution in [1.82, 2.24) is 9.21 Å². The van der Waals surface area contributed by atoms with Crippen LogP contribution < -0.4 is 11.1 Å².